The summed E-state index contributed by atoms with van der Waals surface area (Å²) < 4.78 is 20.0. The van der Waals surface area contributed by atoms with Crippen molar-refractivity contribution in [2.24, 2.45) is 5.92 Å². The summed E-state index contributed by atoms with van der Waals surface area (Å²) in [5.74, 6) is 1.12. The van der Waals surface area contributed by atoms with Crippen LogP contribution in [-0.2, 0) is 11.3 Å². The normalized spacial score (nSPS) is 18.9. The molecule has 0 saturated heterocycles. The lowest BCUT2D eigenvalue weighted by Crippen LogP contribution is -2.11. The van der Waals surface area contributed by atoms with Gasteiger partial charge in [-0.05, 0) is 71.4 Å². The smallest absolute Gasteiger partial charge is 0.131 e. The average Bonchev–Trinajstić information content (AvgIpc) is 2.80. The molecule has 0 heterocycles. The summed E-state index contributed by atoms with van der Waals surface area (Å²) in [6, 6.07) is 22.1. The van der Waals surface area contributed by atoms with Gasteiger partial charge in [0.1, 0.15) is 5.82 Å². The van der Waals surface area contributed by atoms with Crippen LogP contribution in [0.4, 0.5) is 4.39 Å². The van der Waals surface area contributed by atoms with Gasteiger partial charge >= 0.3 is 0 Å². The van der Waals surface area contributed by atoms with E-state index in [0.717, 1.165) is 22.3 Å². The summed E-state index contributed by atoms with van der Waals surface area (Å²) in [4.78, 5) is 0. The third kappa shape index (κ3) is 4.55. The number of benzene rings is 3. The van der Waals surface area contributed by atoms with Gasteiger partial charge in [0.2, 0.25) is 0 Å². The molecule has 0 aromatic heterocycles. The zero-order valence-corrected chi connectivity index (χ0v) is 17.6. The zero-order chi connectivity index (χ0) is 20.9. The molecule has 3 aromatic carbocycles. The number of ether oxygens (including phenoxy) is 1. The Hall–Kier alpha value is -2.71. The van der Waals surface area contributed by atoms with Gasteiger partial charge in [-0.15, -0.1) is 6.58 Å². The van der Waals surface area contributed by atoms with Crippen molar-refractivity contribution >= 4 is 0 Å². The highest BCUT2D eigenvalue weighted by Crippen LogP contribution is 2.37. The largest absolute Gasteiger partial charge is 0.380 e. The van der Waals surface area contributed by atoms with E-state index >= 15 is 0 Å². The maximum Gasteiger partial charge on any atom is 0.131 e. The van der Waals surface area contributed by atoms with Crippen molar-refractivity contribution in [2.75, 3.05) is 7.11 Å². The molecule has 1 fully saturated rings. The molecule has 0 aliphatic heterocycles. The van der Waals surface area contributed by atoms with Gasteiger partial charge < -0.3 is 4.74 Å². The van der Waals surface area contributed by atoms with Crippen molar-refractivity contribution in [3.63, 3.8) is 0 Å². The van der Waals surface area contributed by atoms with Gasteiger partial charge in [0.05, 0.1) is 6.61 Å². The Balaban J connectivity index is 1.49. The standard InChI is InChI=1S/C28H29FO/c1-3-20-4-8-22(9-5-20)23-12-14-24(15-13-23)26-16-17-27(28(29)18-26)25-10-6-21(7-11-25)19-30-2/h3,6-7,10-18,20,22H,1,4-5,8-9,19H2,2H3/t20-,22-. The summed E-state index contributed by atoms with van der Waals surface area (Å²) in [6.45, 7) is 4.50. The lowest BCUT2D eigenvalue weighted by Gasteiger charge is -2.27. The molecule has 0 radical (unpaired) electrons. The molecular formula is C28H29FO. The molecule has 3 aromatic rings. The summed E-state index contributed by atoms with van der Waals surface area (Å²) in [6.07, 6.45) is 7.01. The summed E-state index contributed by atoms with van der Waals surface area (Å²) in [5, 5.41) is 0. The van der Waals surface area contributed by atoms with Crippen molar-refractivity contribution in [1.82, 2.24) is 0 Å². The Morgan fingerprint density at radius 1 is 0.867 bits per heavy atom. The van der Waals surface area contributed by atoms with Crippen molar-refractivity contribution in [3.05, 3.63) is 96.3 Å². The predicted molar refractivity (Wildman–Crippen MR) is 123 cm³/mol. The van der Waals surface area contributed by atoms with E-state index in [1.54, 1.807) is 13.2 Å². The minimum atomic E-state index is -0.196. The molecule has 0 N–H and O–H groups in total. The molecule has 1 aliphatic rings. The second-order valence-corrected chi connectivity index (χ2v) is 8.29. The Bertz CT molecular complexity index is 980. The Morgan fingerprint density at radius 2 is 1.50 bits per heavy atom. The summed E-state index contributed by atoms with van der Waals surface area (Å²) >= 11 is 0. The molecule has 0 atom stereocenters. The topological polar surface area (TPSA) is 9.23 Å². The quantitative estimate of drug-likeness (QED) is 0.384. The second-order valence-electron chi connectivity index (χ2n) is 8.29. The van der Waals surface area contributed by atoms with Crippen LogP contribution in [0.3, 0.4) is 0 Å². The van der Waals surface area contributed by atoms with Crippen LogP contribution in [-0.4, -0.2) is 7.11 Å². The van der Waals surface area contributed by atoms with Crippen molar-refractivity contribution in [2.45, 2.75) is 38.2 Å². The first-order valence-corrected chi connectivity index (χ1v) is 10.8. The van der Waals surface area contributed by atoms with Gasteiger partial charge in [0, 0.05) is 12.7 Å². The van der Waals surface area contributed by atoms with E-state index < -0.39 is 0 Å². The van der Waals surface area contributed by atoms with Gasteiger partial charge in [-0.3, -0.25) is 0 Å². The van der Waals surface area contributed by atoms with Crippen molar-refractivity contribution in [3.8, 4) is 22.3 Å². The molecule has 0 bridgehead atoms. The lowest BCUT2D eigenvalue weighted by atomic mass is 9.78. The number of allylic oxidation sites excluding steroid dienone is 1. The molecule has 30 heavy (non-hydrogen) atoms. The molecule has 4 rings (SSSR count). The van der Waals surface area contributed by atoms with E-state index in [1.165, 1.54) is 31.2 Å². The van der Waals surface area contributed by atoms with Crippen LogP contribution in [0, 0.1) is 11.7 Å². The Morgan fingerprint density at radius 3 is 2.10 bits per heavy atom. The molecule has 0 spiro atoms. The van der Waals surface area contributed by atoms with Crippen molar-refractivity contribution < 1.29 is 9.13 Å². The predicted octanol–water partition coefficient (Wildman–Crippen LogP) is 7.77. The fourth-order valence-corrected chi connectivity index (χ4v) is 4.51. The van der Waals surface area contributed by atoms with Crippen LogP contribution < -0.4 is 0 Å². The van der Waals surface area contributed by atoms with Gasteiger partial charge in [-0.2, -0.15) is 0 Å². The van der Waals surface area contributed by atoms with Gasteiger partial charge in [-0.1, -0.05) is 66.7 Å². The van der Waals surface area contributed by atoms with E-state index in [4.69, 9.17) is 4.74 Å². The first kappa shape index (κ1) is 20.6. The first-order chi connectivity index (χ1) is 14.7. The van der Waals surface area contributed by atoms with Gasteiger partial charge in [-0.25, -0.2) is 4.39 Å². The summed E-state index contributed by atoms with van der Waals surface area (Å²) in [7, 11) is 1.67. The first-order valence-electron chi connectivity index (χ1n) is 10.8. The molecule has 2 heteroatoms. The van der Waals surface area contributed by atoms with E-state index in [0.29, 0.717) is 24.0 Å². The minimum absolute atomic E-state index is 0.196. The highest BCUT2D eigenvalue weighted by molar-refractivity contribution is 5.71. The average molecular weight is 401 g/mol. The third-order valence-electron chi connectivity index (χ3n) is 6.37. The maximum atomic E-state index is 14.9. The van der Waals surface area contributed by atoms with Gasteiger partial charge in [0.15, 0.2) is 0 Å². The van der Waals surface area contributed by atoms with Crippen LogP contribution in [0.2, 0.25) is 0 Å². The van der Waals surface area contributed by atoms with E-state index in [2.05, 4.69) is 36.9 Å². The van der Waals surface area contributed by atoms with Crippen LogP contribution in [0.5, 0.6) is 0 Å². The summed E-state index contributed by atoms with van der Waals surface area (Å²) in [5.41, 5.74) is 5.95. The zero-order valence-electron chi connectivity index (χ0n) is 17.6. The fourth-order valence-electron chi connectivity index (χ4n) is 4.51. The molecule has 1 nitrogen and oxygen atoms in total. The van der Waals surface area contributed by atoms with Crippen molar-refractivity contribution in [1.29, 1.82) is 0 Å². The molecule has 1 saturated carbocycles. The second kappa shape index (κ2) is 9.40. The highest BCUT2D eigenvalue weighted by atomic mass is 19.1. The third-order valence-corrected chi connectivity index (χ3v) is 6.37. The van der Waals surface area contributed by atoms with Crippen LogP contribution >= 0.6 is 0 Å². The highest BCUT2D eigenvalue weighted by Gasteiger charge is 2.20. The molecule has 1 aliphatic carbocycles. The molecular weight excluding hydrogens is 371 g/mol. The van der Waals surface area contributed by atoms with E-state index in [9.17, 15) is 4.39 Å². The maximum absolute atomic E-state index is 14.9. The Labute approximate surface area is 179 Å². The number of hydrogen-bond acceptors (Lipinski definition) is 1. The minimum Gasteiger partial charge on any atom is -0.380 e. The lowest BCUT2D eigenvalue weighted by molar-refractivity contribution is 0.185. The number of rotatable bonds is 6. The van der Waals surface area contributed by atoms with Gasteiger partial charge in [0.25, 0.3) is 0 Å². The Kier molecular flexibility index (Phi) is 6.44. The SMILES string of the molecule is C=C[C@H]1CC[C@H](c2ccc(-c3ccc(-c4ccc(COC)cc4)c(F)c3)cc2)CC1. The fraction of sp³-hybridized carbons (Fsp3) is 0.286. The number of halogens is 1. The van der Waals surface area contributed by atoms with E-state index in [-0.39, 0.29) is 5.82 Å². The van der Waals surface area contributed by atoms with E-state index in [1.807, 2.05) is 36.4 Å². The molecule has 154 valence electrons. The molecule has 0 unspecified atom stereocenters. The number of hydrogen-bond donors (Lipinski definition) is 0. The van der Waals surface area contributed by atoms with Crippen LogP contribution in [0.25, 0.3) is 22.3 Å². The monoisotopic (exact) mass is 400 g/mol. The van der Waals surface area contributed by atoms with Crippen LogP contribution in [0.1, 0.15) is 42.7 Å². The molecule has 0 amide bonds. The van der Waals surface area contributed by atoms with Crippen LogP contribution in [0.15, 0.2) is 79.4 Å². The number of methoxy groups -OCH3 is 1.